The molecule has 0 aliphatic carbocycles. The number of sulfonamides is 1. The molecule has 0 radical (unpaired) electrons. The predicted molar refractivity (Wildman–Crippen MR) is 88.9 cm³/mol. The largest absolute Gasteiger partial charge is 0.484 e. The molecule has 1 saturated heterocycles. The summed E-state index contributed by atoms with van der Waals surface area (Å²) in [6.07, 6.45) is 0.603. The molecule has 0 N–H and O–H groups in total. The number of amides is 1. The molecule has 1 amide bonds. The number of carbonyl (C=O) groups excluding carboxylic acids is 1. The number of nitrogens with zero attached hydrogens (tertiary/aromatic N) is 2. The first-order valence-electron chi connectivity index (χ1n) is 7.87. The first-order valence-corrected chi connectivity index (χ1v) is 9.48. The molecule has 6 nitrogen and oxygen atoms in total. The van der Waals surface area contributed by atoms with Crippen molar-refractivity contribution >= 4 is 15.9 Å². The molecule has 1 aliphatic heterocycles. The highest BCUT2D eigenvalue weighted by molar-refractivity contribution is 7.89. The Morgan fingerprint density at radius 1 is 1.13 bits per heavy atom. The Bertz CT molecular complexity index is 620. The number of aryl methyl sites for hydroxylation is 1. The maximum Gasteiger partial charge on any atom is 0.260 e. The topological polar surface area (TPSA) is 66.9 Å². The zero-order valence-electron chi connectivity index (χ0n) is 13.7. The average Bonchev–Trinajstić information content (AvgIpc) is 2.54. The molecule has 0 unspecified atom stereocenters. The summed E-state index contributed by atoms with van der Waals surface area (Å²) in [6.45, 7) is 5.36. The van der Waals surface area contributed by atoms with Crippen LogP contribution in [0.1, 0.15) is 18.9 Å². The van der Waals surface area contributed by atoms with Gasteiger partial charge in [0.05, 0.1) is 5.75 Å². The fourth-order valence-electron chi connectivity index (χ4n) is 2.47. The second-order valence-corrected chi connectivity index (χ2v) is 7.79. The van der Waals surface area contributed by atoms with Crippen LogP contribution in [0.2, 0.25) is 0 Å². The van der Waals surface area contributed by atoms with Gasteiger partial charge in [0.15, 0.2) is 6.61 Å². The summed E-state index contributed by atoms with van der Waals surface area (Å²) in [5, 5.41) is 0. The molecule has 0 atom stereocenters. The minimum atomic E-state index is -3.18. The number of benzene rings is 1. The van der Waals surface area contributed by atoms with Gasteiger partial charge >= 0.3 is 0 Å². The Hall–Kier alpha value is -1.60. The Morgan fingerprint density at radius 2 is 1.74 bits per heavy atom. The van der Waals surface area contributed by atoms with Crippen LogP contribution < -0.4 is 4.74 Å². The summed E-state index contributed by atoms with van der Waals surface area (Å²) >= 11 is 0. The third-order valence-corrected chi connectivity index (χ3v) is 5.91. The third-order valence-electron chi connectivity index (χ3n) is 3.83. The number of rotatable bonds is 6. The number of carbonyl (C=O) groups is 1. The lowest BCUT2D eigenvalue weighted by molar-refractivity contribution is -0.134. The highest BCUT2D eigenvalue weighted by Crippen LogP contribution is 2.13. The van der Waals surface area contributed by atoms with E-state index in [9.17, 15) is 13.2 Å². The van der Waals surface area contributed by atoms with Crippen molar-refractivity contribution in [1.29, 1.82) is 0 Å². The van der Waals surface area contributed by atoms with Crippen LogP contribution in [0.3, 0.4) is 0 Å². The molecule has 2 rings (SSSR count). The summed E-state index contributed by atoms with van der Waals surface area (Å²) in [4.78, 5) is 13.8. The molecule has 128 valence electrons. The van der Waals surface area contributed by atoms with Crippen molar-refractivity contribution in [2.45, 2.75) is 20.3 Å². The van der Waals surface area contributed by atoms with Gasteiger partial charge in [-0.2, -0.15) is 4.31 Å². The van der Waals surface area contributed by atoms with Crippen molar-refractivity contribution in [2.75, 3.05) is 38.5 Å². The van der Waals surface area contributed by atoms with Gasteiger partial charge in [-0.25, -0.2) is 8.42 Å². The maximum absolute atomic E-state index is 12.2. The van der Waals surface area contributed by atoms with Crippen molar-refractivity contribution < 1.29 is 17.9 Å². The standard InChI is InChI=1S/C16H24N2O4S/c1-3-12-23(20,21)18-10-8-17(9-11-18)16(19)13-22-15-6-4-14(2)5-7-15/h4-7H,3,8-13H2,1-2H3. The van der Waals surface area contributed by atoms with Crippen molar-refractivity contribution in [3.05, 3.63) is 29.8 Å². The van der Waals surface area contributed by atoms with Crippen LogP contribution in [0.25, 0.3) is 0 Å². The smallest absolute Gasteiger partial charge is 0.260 e. The van der Waals surface area contributed by atoms with Gasteiger partial charge in [-0.1, -0.05) is 24.6 Å². The zero-order chi connectivity index (χ0) is 16.9. The van der Waals surface area contributed by atoms with Crippen LogP contribution in [0.15, 0.2) is 24.3 Å². The van der Waals surface area contributed by atoms with Gasteiger partial charge < -0.3 is 9.64 Å². The molecule has 0 spiro atoms. The number of hydrogen-bond acceptors (Lipinski definition) is 4. The molecule has 1 fully saturated rings. The molecule has 1 heterocycles. The van der Waals surface area contributed by atoms with E-state index in [2.05, 4.69) is 0 Å². The summed E-state index contributed by atoms with van der Waals surface area (Å²) in [6, 6.07) is 7.52. The van der Waals surface area contributed by atoms with E-state index in [0.29, 0.717) is 38.3 Å². The Balaban J connectivity index is 1.80. The van der Waals surface area contributed by atoms with Gasteiger partial charge in [0.25, 0.3) is 5.91 Å². The van der Waals surface area contributed by atoms with Gasteiger partial charge in [-0.15, -0.1) is 0 Å². The molecule has 1 aromatic carbocycles. The number of ether oxygens (including phenoxy) is 1. The second-order valence-electron chi connectivity index (χ2n) is 5.70. The molecule has 23 heavy (non-hydrogen) atoms. The Kier molecular flexibility index (Phi) is 6.01. The minimum Gasteiger partial charge on any atom is -0.484 e. The highest BCUT2D eigenvalue weighted by Gasteiger charge is 2.28. The van der Waals surface area contributed by atoms with Crippen molar-refractivity contribution in [3.63, 3.8) is 0 Å². The van der Waals surface area contributed by atoms with E-state index in [1.165, 1.54) is 4.31 Å². The van der Waals surface area contributed by atoms with Crippen LogP contribution in [-0.2, 0) is 14.8 Å². The van der Waals surface area contributed by atoms with E-state index in [1.807, 2.05) is 38.1 Å². The number of hydrogen-bond donors (Lipinski definition) is 0. The summed E-state index contributed by atoms with van der Waals surface area (Å²) in [7, 11) is -3.18. The zero-order valence-corrected chi connectivity index (χ0v) is 14.5. The fraction of sp³-hybridized carbons (Fsp3) is 0.562. The molecule has 0 saturated carbocycles. The second kappa shape index (κ2) is 7.79. The molecule has 0 bridgehead atoms. The van der Waals surface area contributed by atoms with Crippen LogP contribution in [0.5, 0.6) is 5.75 Å². The minimum absolute atomic E-state index is 0.0230. The predicted octanol–water partition coefficient (Wildman–Crippen LogP) is 1.26. The van der Waals surface area contributed by atoms with E-state index >= 15 is 0 Å². The molecule has 1 aromatic rings. The van der Waals surface area contributed by atoms with E-state index < -0.39 is 10.0 Å². The average molecular weight is 340 g/mol. The lowest BCUT2D eigenvalue weighted by atomic mass is 10.2. The first kappa shape index (κ1) is 17.7. The van der Waals surface area contributed by atoms with Crippen LogP contribution in [-0.4, -0.2) is 62.1 Å². The van der Waals surface area contributed by atoms with Crippen molar-refractivity contribution in [1.82, 2.24) is 9.21 Å². The Labute approximate surface area is 138 Å². The van der Waals surface area contributed by atoms with E-state index in [0.717, 1.165) is 5.56 Å². The summed E-state index contributed by atoms with van der Waals surface area (Å²) < 4.78 is 31.0. The summed E-state index contributed by atoms with van der Waals surface area (Å²) in [5.74, 6) is 0.712. The molecular weight excluding hydrogens is 316 g/mol. The van der Waals surface area contributed by atoms with Gasteiger partial charge in [-0.05, 0) is 25.5 Å². The van der Waals surface area contributed by atoms with Gasteiger partial charge in [0, 0.05) is 26.2 Å². The molecule has 1 aliphatic rings. The monoisotopic (exact) mass is 340 g/mol. The fourth-order valence-corrected chi connectivity index (χ4v) is 3.97. The van der Waals surface area contributed by atoms with Crippen LogP contribution >= 0.6 is 0 Å². The van der Waals surface area contributed by atoms with E-state index in [1.54, 1.807) is 4.90 Å². The lowest BCUT2D eigenvalue weighted by Crippen LogP contribution is -2.52. The maximum atomic E-state index is 12.2. The van der Waals surface area contributed by atoms with E-state index in [4.69, 9.17) is 4.74 Å². The van der Waals surface area contributed by atoms with Crippen molar-refractivity contribution in [3.8, 4) is 5.75 Å². The van der Waals surface area contributed by atoms with Crippen LogP contribution in [0.4, 0.5) is 0 Å². The molecule has 0 aromatic heterocycles. The number of piperazine rings is 1. The quantitative estimate of drug-likeness (QED) is 0.782. The first-order chi connectivity index (χ1) is 10.9. The molecule has 7 heteroatoms. The SMILES string of the molecule is CCCS(=O)(=O)N1CCN(C(=O)COc2ccc(C)cc2)CC1. The van der Waals surface area contributed by atoms with Crippen LogP contribution in [0, 0.1) is 6.92 Å². The Morgan fingerprint density at radius 3 is 2.30 bits per heavy atom. The summed E-state index contributed by atoms with van der Waals surface area (Å²) in [5.41, 5.74) is 1.13. The lowest BCUT2D eigenvalue weighted by Gasteiger charge is -2.33. The van der Waals surface area contributed by atoms with Crippen molar-refractivity contribution in [2.24, 2.45) is 0 Å². The normalized spacial score (nSPS) is 16.3. The van der Waals surface area contributed by atoms with Gasteiger partial charge in [-0.3, -0.25) is 4.79 Å². The van der Waals surface area contributed by atoms with Gasteiger partial charge in [0.2, 0.25) is 10.0 Å². The van der Waals surface area contributed by atoms with E-state index in [-0.39, 0.29) is 18.3 Å². The highest BCUT2D eigenvalue weighted by atomic mass is 32.2. The molecular formula is C16H24N2O4S. The third kappa shape index (κ3) is 4.94. The van der Waals surface area contributed by atoms with Gasteiger partial charge in [0.1, 0.15) is 5.75 Å².